The zero-order valence-corrected chi connectivity index (χ0v) is 14.9. The molecule has 124 valence electrons. The fourth-order valence-electron chi connectivity index (χ4n) is 3.87. The predicted molar refractivity (Wildman–Crippen MR) is 97.6 cm³/mol. The fourth-order valence-corrected chi connectivity index (χ4v) is 4.17. The summed E-state index contributed by atoms with van der Waals surface area (Å²) in [5.41, 5.74) is 3.16. The van der Waals surface area contributed by atoms with Crippen molar-refractivity contribution in [3.05, 3.63) is 63.6 Å². The van der Waals surface area contributed by atoms with Crippen molar-refractivity contribution in [3.8, 4) is 0 Å². The van der Waals surface area contributed by atoms with Gasteiger partial charge in [-0.05, 0) is 49.1 Å². The number of amides is 1. The van der Waals surface area contributed by atoms with Gasteiger partial charge in [0.25, 0.3) is 0 Å². The van der Waals surface area contributed by atoms with Gasteiger partial charge in [0.05, 0.1) is 16.1 Å². The third-order valence-electron chi connectivity index (χ3n) is 5.02. The largest absolute Gasteiger partial charge is 0.290 e. The van der Waals surface area contributed by atoms with E-state index in [0.717, 1.165) is 25.1 Å². The first-order valence-electron chi connectivity index (χ1n) is 8.17. The Bertz CT molecular complexity index is 808. The van der Waals surface area contributed by atoms with E-state index >= 15 is 0 Å². The maximum absolute atomic E-state index is 13.1. The molecule has 1 amide bonds. The van der Waals surface area contributed by atoms with E-state index in [1.54, 1.807) is 12.1 Å². The van der Waals surface area contributed by atoms with Crippen molar-refractivity contribution in [2.24, 2.45) is 0 Å². The quantitative estimate of drug-likeness (QED) is 0.766. The number of fused-ring (bicyclic) bond motifs is 1. The number of carbonyl (C=O) groups is 1. The minimum Gasteiger partial charge on any atom is -0.290 e. The van der Waals surface area contributed by atoms with Gasteiger partial charge in [0, 0.05) is 12.2 Å². The smallest absolute Gasteiger partial charge is 0.246 e. The van der Waals surface area contributed by atoms with Gasteiger partial charge in [0.1, 0.15) is 6.17 Å². The second-order valence-electron chi connectivity index (χ2n) is 6.43. The molecule has 2 unspecified atom stereocenters. The summed E-state index contributed by atoms with van der Waals surface area (Å²) in [6.07, 6.45) is 1.90. The summed E-state index contributed by atoms with van der Waals surface area (Å²) < 4.78 is 0. The van der Waals surface area contributed by atoms with E-state index in [0.29, 0.717) is 10.0 Å². The molecule has 0 saturated carbocycles. The molecule has 2 atom stereocenters. The summed E-state index contributed by atoms with van der Waals surface area (Å²) in [5.74, 6) is 0.152. The van der Waals surface area contributed by atoms with Crippen LogP contribution in [0.3, 0.4) is 0 Å². The first-order valence-corrected chi connectivity index (χ1v) is 8.93. The summed E-state index contributed by atoms with van der Waals surface area (Å²) >= 11 is 12.3. The average Bonchev–Trinajstić information content (AvgIpc) is 3.13. The first-order chi connectivity index (χ1) is 11.6. The van der Waals surface area contributed by atoms with E-state index in [9.17, 15) is 4.79 Å². The first kappa shape index (κ1) is 15.9. The van der Waals surface area contributed by atoms with E-state index in [4.69, 9.17) is 23.2 Å². The third kappa shape index (κ3) is 2.43. The van der Waals surface area contributed by atoms with Gasteiger partial charge < -0.3 is 0 Å². The van der Waals surface area contributed by atoms with Crippen LogP contribution < -0.4 is 4.90 Å². The molecule has 0 spiro atoms. The van der Waals surface area contributed by atoms with Crippen LogP contribution in [0.25, 0.3) is 0 Å². The zero-order valence-electron chi connectivity index (χ0n) is 13.4. The van der Waals surface area contributed by atoms with Gasteiger partial charge in [-0.25, -0.2) is 0 Å². The predicted octanol–water partition coefficient (Wildman–Crippen LogP) is 4.81. The van der Waals surface area contributed by atoms with Crippen LogP contribution in [-0.2, 0) is 4.79 Å². The van der Waals surface area contributed by atoms with E-state index in [1.807, 2.05) is 23.1 Å². The highest BCUT2D eigenvalue weighted by Gasteiger charge is 2.49. The van der Waals surface area contributed by atoms with Gasteiger partial charge in [-0.1, -0.05) is 47.5 Å². The van der Waals surface area contributed by atoms with Crippen LogP contribution in [0, 0.1) is 6.92 Å². The molecule has 2 fully saturated rings. The molecular weight excluding hydrogens is 343 g/mol. The lowest BCUT2D eigenvalue weighted by Crippen LogP contribution is -2.32. The molecule has 2 aliphatic heterocycles. The molecule has 4 rings (SSSR count). The molecule has 0 bridgehead atoms. The molecule has 0 N–H and O–H groups in total. The topological polar surface area (TPSA) is 23.6 Å². The van der Waals surface area contributed by atoms with Gasteiger partial charge in [-0.3, -0.25) is 14.6 Å². The van der Waals surface area contributed by atoms with Crippen LogP contribution in [0.5, 0.6) is 0 Å². The molecule has 2 saturated heterocycles. The Morgan fingerprint density at radius 2 is 1.88 bits per heavy atom. The Hall–Kier alpha value is -1.55. The highest BCUT2D eigenvalue weighted by molar-refractivity contribution is 6.42. The van der Waals surface area contributed by atoms with Gasteiger partial charge in [-0.15, -0.1) is 0 Å². The van der Waals surface area contributed by atoms with Gasteiger partial charge >= 0.3 is 0 Å². The van der Waals surface area contributed by atoms with Crippen LogP contribution in [-0.4, -0.2) is 23.4 Å². The van der Waals surface area contributed by atoms with Crippen molar-refractivity contribution in [3.63, 3.8) is 0 Å². The van der Waals surface area contributed by atoms with E-state index in [1.165, 1.54) is 11.1 Å². The monoisotopic (exact) mass is 360 g/mol. The maximum atomic E-state index is 13.1. The number of carbonyl (C=O) groups excluding carboxylic acids is 1. The van der Waals surface area contributed by atoms with E-state index in [2.05, 4.69) is 24.0 Å². The number of rotatable bonds is 2. The van der Waals surface area contributed by atoms with Crippen LogP contribution in [0.2, 0.25) is 10.0 Å². The standard InChI is InChI=1S/C19H18Cl2N2O/c1-12-5-2-3-6-14(12)18-22-10-4-7-17(22)19(24)23(18)13-8-9-15(20)16(21)11-13/h2-3,5-6,8-9,11,17-18H,4,7,10H2,1H3. The Morgan fingerprint density at radius 1 is 1.08 bits per heavy atom. The van der Waals surface area contributed by atoms with E-state index in [-0.39, 0.29) is 18.1 Å². The summed E-state index contributed by atoms with van der Waals surface area (Å²) in [6.45, 7) is 3.03. The number of hydrogen-bond acceptors (Lipinski definition) is 2. The average molecular weight is 361 g/mol. The number of hydrogen-bond donors (Lipinski definition) is 0. The molecule has 2 aromatic carbocycles. The van der Waals surface area contributed by atoms with Crippen LogP contribution in [0.15, 0.2) is 42.5 Å². The van der Waals surface area contributed by atoms with Gasteiger partial charge in [0.2, 0.25) is 5.91 Å². The minimum atomic E-state index is -0.0801. The minimum absolute atomic E-state index is 0.0379. The fraction of sp³-hybridized carbons (Fsp3) is 0.316. The van der Waals surface area contributed by atoms with Gasteiger partial charge in [0.15, 0.2) is 0 Å². The molecule has 0 aromatic heterocycles. The molecule has 3 nitrogen and oxygen atoms in total. The molecule has 2 aliphatic rings. The summed E-state index contributed by atoms with van der Waals surface area (Å²) in [7, 11) is 0. The number of aryl methyl sites for hydroxylation is 1. The van der Waals surface area contributed by atoms with Crippen molar-refractivity contribution in [1.29, 1.82) is 0 Å². The Kier molecular flexibility index (Phi) is 4.03. The molecule has 24 heavy (non-hydrogen) atoms. The summed E-state index contributed by atoms with van der Waals surface area (Å²) in [5, 5.41) is 0.970. The second kappa shape index (κ2) is 6.07. The molecular formula is C19H18Cl2N2O. The lowest BCUT2D eigenvalue weighted by molar-refractivity contribution is -0.119. The maximum Gasteiger partial charge on any atom is 0.246 e. The van der Waals surface area contributed by atoms with Crippen molar-refractivity contribution in [2.45, 2.75) is 32.0 Å². The lowest BCUT2D eigenvalue weighted by Gasteiger charge is -2.31. The lowest BCUT2D eigenvalue weighted by atomic mass is 10.0. The number of halogens is 2. The number of benzene rings is 2. The van der Waals surface area contributed by atoms with Crippen molar-refractivity contribution < 1.29 is 4.79 Å². The molecule has 2 heterocycles. The molecule has 0 aliphatic carbocycles. The summed E-state index contributed by atoms with van der Waals surface area (Å²) in [6, 6.07) is 13.6. The van der Waals surface area contributed by atoms with Crippen molar-refractivity contribution in [1.82, 2.24) is 4.90 Å². The highest BCUT2D eigenvalue weighted by atomic mass is 35.5. The van der Waals surface area contributed by atoms with Crippen LogP contribution >= 0.6 is 23.2 Å². The zero-order chi connectivity index (χ0) is 16.8. The van der Waals surface area contributed by atoms with Crippen LogP contribution in [0.4, 0.5) is 5.69 Å². The third-order valence-corrected chi connectivity index (χ3v) is 5.76. The van der Waals surface area contributed by atoms with E-state index < -0.39 is 0 Å². The van der Waals surface area contributed by atoms with Gasteiger partial charge in [-0.2, -0.15) is 0 Å². The Labute approximate surface area is 151 Å². The molecule has 0 radical (unpaired) electrons. The Morgan fingerprint density at radius 3 is 2.62 bits per heavy atom. The molecule has 5 heteroatoms. The SMILES string of the molecule is Cc1ccccc1C1N(c2ccc(Cl)c(Cl)c2)C(=O)C2CCCN21. The highest BCUT2D eigenvalue weighted by Crippen LogP contribution is 2.44. The van der Waals surface area contributed by atoms with Crippen molar-refractivity contribution in [2.75, 3.05) is 11.4 Å². The van der Waals surface area contributed by atoms with Crippen molar-refractivity contribution >= 4 is 34.8 Å². The number of nitrogens with zero attached hydrogens (tertiary/aromatic N) is 2. The van der Waals surface area contributed by atoms with Crippen LogP contribution in [0.1, 0.15) is 30.1 Å². The Balaban J connectivity index is 1.85. The normalized spacial score (nSPS) is 23.8. The molecule has 2 aromatic rings. The summed E-state index contributed by atoms with van der Waals surface area (Å²) in [4.78, 5) is 17.3. The number of anilines is 1. The second-order valence-corrected chi connectivity index (χ2v) is 7.25.